The van der Waals surface area contributed by atoms with Gasteiger partial charge in [0.25, 0.3) is 5.92 Å². The van der Waals surface area contributed by atoms with E-state index in [9.17, 15) is 13.6 Å². The molecule has 0 aromatic carbocycles. The number of hydrogen-bond acceptors (Lipinski definition) is 4. The van der Waals surface area contributed by atoms with E-state index in [0.717, 1.165) is 0 Å². The Kier molecular flexibility index (Phi) is 3.52. The molecule has 1 amide bonds. The number of piperidine rings is 2. The molecular formula is C15H16BrF2N5O. The maximum absolute atomic E-state index is 14.1. The van der Waals surface area contributed by atoms with Gasteiger partial charge in [0.05, 0.1) is 6.04 Å². The number of imidazole rings is 1. The first-order chi connectivity index (χ1) is 11.4. The van der Waals surface area contributed by atoms with Gasteiger partial charge in [0.15, 0.2) is 5.82 Å². The minimum atomic E-state index is -2.80. The van der Waals surface area contributed by atoms with Crippen LogP contribution in [0.5, 0.6) is 0 Å². The van der Waals surface area contributed by atoms with Crippen molar-refractivity contribution in [3.8, 4) is 0 Å². The lowest BCUT2D eigenvalue weighted by atomic mass is 9.84. The van der Waals surface area contributed by atoms with Gasteiger partial charge >= 0.3 is 0 Å². The molecule has 4 heterocycles. The van der Waals surface area contributed by atoms with Gasteiger partial charge < -0.3 is 10.6 Å². The van der Waals surface area contributed by atoms with Gasteiger partial charge in [0.1, 0.15) is 15.9 Å². The highest BCUT2D eigenvalue weighted by Crippen LogP contribution is 2.42. The predicted octanol–water partition coefficient (Wildman–Crippen LogP) is 2.58. The van der Waals surface area contributed by atoms with Crippen molar-refractivity contribution in [2.24, 2.45) is 0 Å². The highest BCUT2D eigenvalue weighted by atomic mass is 79.9. The van der Waals surface area contributed by atoms with Gasteiger partial charge in [0.2, 0.25) is 5.91 Å². The molecule has 2 atom stereocenters. The van der Waals surface area contributed by atoms with Crippen molar-refractivity contribution in [2.45, 2.75) is 43.6 Å². The third kappa shape index (κ3) is 2.28. The number of anilines is 1. The Morgan fingerprint density at radius 3 is 2.96 bits per heavy atom. The SMILES string of the molecule is Nc1nccn2c([C@H]3CC[C@H]4N(C3)C(=O)CCC4(F)F)nc(Br)c12. The molecule has 2 N–H and O–H groups in total. The standard InChI is InChI=1S/C15H16BrF2N5O/c16-12-11-13(19)20-5-6-22(11)14(21-12)8-1-2-9-15(17,18)4-3-10(24)23(9)7-8/h5-6,8-9H,1-4,7H2,(H2,19,20)/t8-,9+/m0/s1. The normalized spacial score (nSPS) is 26.6. The maximum atomic E-state index is 14.1. The quantitative estimate of drug-likeness (QED) is 0.799. The number of halogens is 3. The van der Waals surface area contributed by atoms with E-state index in [4.69, 9.17) is 5.73 Å². The third-order valence-corrected chi connectivity index (χ3v) is 5.55. The molecule has 2 aliphatic rings. The van der Waals surface area contributed by atoms with Crippen molar-refractivity contribution in [2.75, 3.05) is 12.3 Å². The molecule has 6 nitrogen and oxygen atoms in total. The van der Waals surface area contributed by atoms with Crippen molar-refractivity contribution in [3.63, 3.8) is 0 Å². The van der Waals surface area contributed by atoms with Gasteiger partial charge in [-0.2, -0.15) is 0 Å². The molecule has 0 unspecified atom stereocenters. The van der Waals surface area contributed by atoms with Crippen LogP contribution >= 0.6 is 15.9 Å². The Labute approximate surface area is 145 Å². The van der Waals surface area contributed by atoms with E-state index in [2.05, 4.69) is 25.9 Å². The number of hydrogen-bond donors (Lipinski definition) is 1. The van der Waals surface area contributed by atoms with Gasteiger partial charge in [-0.25, -0.2) is 18.7 Å². The lowest BCUT2D eigenvalue weighted by Gasteiger charge is -2.45. The highest BCUT2D eigenvalue weighted by molar-refractivity contribution is 9.10. The van der Waals surface area contributed by atoms with Gasteiger partial charge in [0, 0.05) is 37.7 Å². The van der Waals surface area contributed by atoms with Gasteiger partial charge in [-0.05, 0) is 28.8 Å². The Bertz CT molecular complexity index is 824. The minimum Gasteiger partial charge on any atom is -0.382 e. The molecule has 0 spiro atoms. The number of nitrogens with zero attached hydrogens (tertiary/aromatic N) is 4. The molecule has 2 aliphatic heterocycles. The number of fused-ring (bicyclic) bond motifs is 2. The summed E-state index contributed by atoms with van der Waals surface area (Å²) in [4.78, 5) is 22.0. The molecule has 24 heavy (non-hydrogen) atoms. The summed E-state index contributed by atoms with van der Waals surface area (Å²) in [6.45, 7) is 0.257. The Hall–Kier alpha value is -1.77. The van der Waals surface area contributed by atoms with E-state index >= 15 is 0 Å². The summed E-state index contributed by atoms with van der Waals surface area (Å²) in [5.41, 5.74) is 6.56. The zero-order chi connectivity index (χ0) is 17.1. The first-order valence-electron chi connectivity index (χ1n) is 7.83. The maximum Gasteiger partial charge on any atom is 0.268 e. The van der Waals surface area contributed by atoms with E-state index in [1.165, 1.54) is 4.90 Å². The van der Waals surface area contributed by atoms with Crippen LogP contribution in [-0.2, 0) is 4.79 Å². The van der Waals surface area contributed by atoms with Gasteiger partial charge in [-0.3, -0.25) is 9.20 Å². The fraction of sp³-hybridized carbons (Fsp3) is 0.533. The second-order valence-electron chi connectivity index (χ2n) is 6.39. The molecule has 0 radical (unpaired) electrons. The van der Waals surface area contributed by atoms with Crippen LogP contribution < -0.4 is 5.73 Å². The highest BCUT2D eigenvalue weighted by Gasteiger charge is 2.51. The second kappa shape index (κ2) is 5.37. The molecular weight excluding hydrogens is 384 g/mol. The molecule has 128 valence electrons. The molecule has 0 aliphatic carbocycles. The second-order valence-corrected chi connectivity index (χ2v) is 7.14. The molecule has 0 bridgehead atoms. The Morgan fingerprint density at radius 2 is 2.17 bits per heavy atom. The summed E-state index contributed by atoms with van der Waals surface area (Å²) in [5.74, 6) is -2.05. The summed E-state index contributed by atoms with van der Waals surface area (Å²) >= 11 is 3.38. The Morgan fingerprint density at radius 1 is 1.38 bits per heavy atom. The lowest BCUT2D eigenvalue weighted by molar-refractivity contribution is -0.166. The number of nitrogens with two attached hydrogens (primary N) is 1. The zero-order valence-corrected chi connectivity index (χ0v) is 14.3. The largest absolute Gasteiger partial charge is 0.382 e. The van der Waals surface area contributed by atoms with Crippen molar-refractivity contribution < 1.29 is 13.6 Å². The van der Waals surface area contributed by atoms with Gasteiger partial charge in [-0.15, -0.1) is 0 Å². The van der Waals surface area contributed by atoms with E-state index in [0.29, 0.717) is 28.2 Å². The summed E-state index contributed by atoms with van der Waals surface area (Å²) in [7, 11) is 0. The molecule has 0 saturated carbocycles. The number of alkyl halides is 2. The monoisotopic (exact) mass is 399 g/mol. The van der Waals surface area contributed by atoms with E-state index in [1.54, 1.807) is 12.4 Å². The van der Waals surface area contributed by atoms with Crippen LogP contribution in [-0.4, -0.2) is 43.7 Å². The molecule has 2 aromatic rings. The van der Waals surface area contributed by atoms with E-state index < -0.39 is 12.0 Å². The minimum absolute atomic E-state index is 0.0981. The summed E-state index contributed by atoms with van der Waals surface area (Å²) in [6.07, 6.45) is 3.70. The zero-order valence-electron chi connectivity index (χ0n) is 12.8. The third-order valence-electron chi connectivity index (χ3n) is 4.99. The van der Waals surface area contributed by atoms with Crippen LogP contribution in [0.25, 0.3) is 5.52 Å². The summed E-state index contributed by atoms with van der Waals surface area (Å²) < 4.78 is 30.6. The molecule has 2 fully saturated rings. The number of carbonyl (C=O) groups excluding carboxylic acids is 1. The van der Waals surface area contributed by atoms with Crippen LogP contribution in [0, 0.1) is 0 Å². The molecule has 9 heteroatoms. The van der Waals surface area contributed by atoms with Gasteiger partial charge in [-0.1, -0.05) is 0 Å². The smallest absolute Gasteiger partial charge is 0.268 e. The van der Waals surface area contributed by atoms with Crippen LogP contribution in [0.3, 0.4) is 0 Å². The van der Waals surface area contributed by atoms with Crippen molar-refractivity contribution in [1.82, 2.24) is 19.3 Å². The predicted molar refractivity (Wildman–Crippen MR) is 86.8 cm³/mol. The lowest BCUT2D eigenvalue weighted by Crippen LogP contribution is -2.58. The molecule has 2 saturated heterocycles. The van der Waals surface area contributed by atoms with Crippen LogP contribution in [0.2, 0.25) is 0 Å². The van der Waals surface area contributed by atoms with E-state index in [-0.39, 0.29) is 37.6 Å². The first-order valence-corrected chi connectivity index (χ1v) is 8.63. The van der Waals surface area contributed by atoms with E-state index in [1.807, 2.05) is 4.40 Å². The van der Waals surface area contributed by atoms with Crippen molar-refractivity contribution >= 4 is 33.2 Å². The van der Waals surface area contributed by atoms with Crippen LogP contribution in [0.1, 0.15) is 37.4 Å². The summed E-state index contributed by atoms with van der Waals surface area (Å²) in [5, 5.41) is 0. The van der Waals surface area contributed by atoms with Crippen LogP contribution in [0.4, 0.5) is 14.6 Å². The number of carbonyl (C=O) groups is 1. The van der Waals surface area contributed by atoms with Crippen molar-refractivity contribution in [3.05, 3.63) is 22.8 Å². The summed E-state index contributed by atoms with van der Waals surface area (Å²) in [6, 6.07) is -0.989. The molecule has 2 aromatic heterocycles. The number of aromatic nitrogens is 3. The van der Waals surface area contributed by atoms with Crippen molar-refractivity contribution in [1.29, 1.82) is 0 Å². The fourth-order valence-electron chi connectivity index (χ4n) is 3.81. The average Bonchev–Trinajstić information content (AvgIpc) is 2.89. The van der Waals surface area contributed by atoms with Crippen LogP contribution in [0.15, 0.2) is 17.0 Å². The topological polar surface area (TPSA) is 76.5 Å². The number of nitrogen functional groups attached to an aromatic ring is 1. The Balaban J connectivity index is 1.70. The average molecular weight is 400 g/mol. The number of rotatable bonds is 1. The first kappa shape index (κ1) is 15.7. The molecule has 4 rings (SSSR count). The number of amides is 1. The fourth-order valence-corrected chi connectivity index (χ4v) is 4.39.